The van der Waals surface area contributed by atoms with Gasteiger partial charge in [-0.25, -0.2) is 0 Å². The molecule has 0 spiro atoms. The van der Waals surface area contributed by atoms with E-state index in [0.29, 0.717) is 21.9 Å². The van der Waals surface area contributed by atoms with Gasteiger partial charge in [0.05, 0.1) is 6.61 Å². The van der Waals surface area contributed by atoms with E-state index in [1.165, 1.54) is 0 Å². The Morgan fingerprint density at radius 3 is 2.55 bits per heavy atom. The number of benzene rings is 2. The fourth-order valence-electron chi connectivity index (χ4n) is 1.67. The average Bonchev–Trinajstić information content (AvgIpc) is 2.46. The van der Waals surface area contributed by atoms with Crippen LogP contribution in [-0.4, -0.2) is 17.5 Å². The molecule has 0 aliphatic carbocycles. The maximum Gasteiger partial charge on any atom is 0.200 e. The number of hydrogen-bond donors (Lipinski definition) is 1. The zero-order valence-corrected chi connectivity index (χ0v) is 12.8. The lowest BCUT2D eigenvalue weighted by molar-refractivity contribution is 0.0919. The minimum atomic E-state index is -0.149. The molecule has 1 N–H and O–H groups in total. The minimum absolute atomic E-state index is 0.0870. The van der Waals surface area contributed by atoms with Gasteiger partial charge >= 0.3 is 0 Å². The van der Waals surface area contributed by atoms with Gasteiger partial charge in [-0.1, -0.05) is 27.5 Å². The van der Waals surface area contributed by atoms with Crippen molar-refractivity contribution >= 4 is 33.3 Å². The third-order valence-corrected chi connectivity index (χ3v) is 3.46. The molecule has 0 bridgehead atoms. The van der Waals surface area contributed by atoms with E-state index in [1.807, 2.05) is 0 Å². The van der Waals surface area contributed by atoms with Crippen molar-refractivity contribution in [3.05, 3.63) is 63.1 Å². The lowest BCUT2D eigenvalue weighted by Gasteiger charge is -2.10. The molecule has 0 saturated heterocycles. The Morgan fingerprint density at radius 2 is 1.90 bits per heavy atom. The molecule has 5 heteroatoms. The summed E-state index contributed by atoms with van der Waals surface area (Å²) in [4.78, 5) is 12.0. The predicted octanol–water partition coefficient (Wildman–Crippen LogP) is 3.86. The van der Waals surface area contributed by atoms with Crippen molar-refractivity contribution in [3.8, 4) is 5.75 Å². The van der Waals surface area contributed by atoms with E-state index >= 15 is 0 Å². The van der Waals surface area contributed by atoms with Gasteiger partial charge in [-0.2, -0.15) is 0 Å². The van der Waals surface area contributed by atoms with Gasteiger partial charge in [-0.3, -0.25) is 4.79 Å². The highest BCUT2D eigenvalue weighted by Crippen LogP contribution is 2.23. The Morgan fingerprint density at radius 1 is 1.20 bits per heavy atom. The molecule has 0 aliphatic heterocycles. The van der Waals surface area contributed by atoms with Crippen molar-refractivity contribution in [3.63, 3.8) is 0 Å². The molecular weight excluding hydrogens is 344 g/mol. The summed E-state index contributed by atoms with van der Waals surface area (Å²) in [5, 5.41) is 9.84. The molecule has 2 aromatic carbocycles. The van der Waals surface area contributed by atoms with Gasteiger partial charge in [0, 0.05) is 20.6 Å². The molecule has 0 fully saturated rings. The Kier molecular flexibility index (Phi) is 5.17. The van der Waals surface area contributed by atoms with Crippen molar-refractivity contribution in [2.24, 2.45) is 0 Å². The first-order valence-electron chi connectivity index (χ1n) is 5.91. The van der Waals surface area contributed by atoms with Gasteiger partial charge in [-0.05, 0) is 42.5 Å². The Bertz CT molecular complexity index is 611. The summed E-state index contributed by atoms with van der Waals surface area (Å²) in [5.74, 6) is 0.353. The first-order chi connectivity index (χ1) is 9.60. The van der Waals surface area contributed by atoms with Gasteiger partial charge in [0.1, 0.15) is 5.75 Å². The van der Waals surface area contributed by atoms with Crippen LogP contribution in [0.2, 0.25) is 5.02 Å². The SMILES string of the molecule is O=C(COc1ccc(Br)cc1CO)c1ccc(Cl)cc1. The Labute approximate surface area is 130 Å². The van der Waals surface area contributed by atoms with Crippen LogP contribution in [0, 0.1) is 0 Å². The maximum absolute atomic E-state index is 12.0. The first-order valence-corrected chi connectivity index (χ1v) is 7.08. The molecule has 20 heavy (non-hydrogen) atoms. The van der Waals surface area contributed by atoms with Crippen molar-refractivity contribution < 1.29 is 14.6 Å². The van der Waals surface area contributed by atoms with Gasteiger partial charge in [0.15, 0.2) is 12.4 Å². The number of carbonyl (C=O) groups excluding carboxylic acids is 1. The van der Waals surface area contributed by atoms with Gasteiger partial charge in [0.2, 0.25) is 0 Å². The third-order valence-electron chi connectivity index (χ3n) is 2.72. The predicted molar refractivity (Wildman–Crippen MR) is 81.3 cm³/mol. The van der Waals surface area contributed by atoms with Crippen molar-refractivity contribution in [1.29, 1.82) is 0 Å². The lowest BCUT2D eigenvalue weighted by atomic mass is 10.1. The smallest absolute Gasteiger partial charge is 0.200 e. The number of rotatable bonds is 5. The number of carbonyl (C=O) groups is 1. The molecule has 0 atom stereocenters. The van der Waals surface area contributed by atoms with Gasteiger partial charge < -0.3 is 9.84 Å². The molecule has 0 aliphatic rings. The standard InChI is InChI=1S/C15H12BrClO3/c16-12-3-6-15(11(7-12)8-18)20-9-14(19)10-1-4-13(17)5-2-10/h1-7,18H,8-9H2. The van der Waals surface area contributed by atoms with Crippen LogP contribution in [0.4, 0.5) is 0 Å². The number of hydrogen-bond acceptors (Lipinski definition) is 3. The maximum atomic E-state index is 12.0. The van der Waals surface area contributed by atoms with Crippen LogP contribution in [0.25, 0.3) is 0 Å². The summed E-state index contributed by atoms with van der Waals surface area (Å²) in [6.07, 6.45) is 0. The van der Waals surface area contributed by atoms with Crippen molar-refractivity contribution in [2.45, 2.75) is 6.61 Å². The second-order valence-electron chi connectivity index (χ2n) is 4.13. The molecule has 3 nitrogen and oxygen atoms in total. The van der Waals surface area contributed by atoms with E-state index in [2.05, 4.69) is 15.9 Å². The van der Waals surface area contributed by atoms with Gasteiger partial charge in [0.25, 0.3) is 0 Å². The van der Waals surface area contributed by atoms with E-state index in [9.17, 15) is 9.90 Å². The summed E-state index contributed by atoms with van der Waals surface area (Å²) in [7, 11) is 0. The fourth-order valence-corrected chi connectivity index (χ4v) is 2.21. The topological polar surface area (TPSA) is 46.5 Å². The Balaban J connectivity index is 2.05. The number of ketones is 1. The number of aliphatic hydroxyl groups is 1. The molecule has 2 rings (SSSR count). The summed E-state index contributed by atoms with van der Waals surface area (Å²) >= 11 is 9.08. The van der Waals surface area contributed by atoms with Crippen LogP contribution in [0.1, 0.15) is 15.9 Å². The largest absolute Gasteiger partial charge is 0.485 e. The molecule has 0 radical (unpaired) electrons. The highest BCUT2D eigenvalue weighted by atomic mass is 79.9. The second kappa shape index (κ2) is 6.88. The highest BCUT2D eigenvalue weighted by molar-refractivity contribution is 9.10. The number of Topliss-reactive ketones (excluding diaryl/α,β-unsaturated/α-hetero) is 1. The molecule has 0 heterocycles. The molecule has 0 amide bonds. The molecule has 104 valence electrons. The van der Waals surface area contributed by atoms with Crippen LogP contribution in [-0.2, 0) is 6.61 Å². The minimum Gasteiger partial charge on any atom is -0.485 e. The highest BCUT2D eigenvalue weighted by Gasteiger charge is 2.09. The average molecular weight is 356 g/mol. The summed E-state index contributed by atoms with van der Waals surface area (Å²) in [6.45, 7) is -0.236. The van der Waals surface area contributed by atoms with E-state index in [4.69, 9.17) is 16.3 Å². The van der Waals surface area contributed by atoms with E-state index in [-0.39, 0.29) is 19.0 Å². The first kappa shape index (κ1) is 15.0. The van der Waals surface area contributed by atoms with Crippen LogP contribution >= 0.6 is 27.5 Å². The summed E-state index contributed by atoms with van der Waals surface area (Å²) in [6, 6.07) is 11.9. The second-order valence-corrected chi connectivity index (χ2v) is 5.48. The van der Waals surface area contributed by atoms with Crippen LogP contribution in [0.15, 0.2) is 46.9 Å². The Hall–Kier alpha value is -1.36. The normalized spacial score (nSPS) is 10.3. The lowest BCUT2D eigenvalue weighted by Crippen LogP contribution is -2.12. The van der Waals surface area contributed by atoms with Crippen LogP contribution in [0.3, 0.4) is 0 Å². The molecule has 0 saturated carbocycles. The quantitative estimate of drug-likeness (QED) is 0.829. The van der Waals surface area contributed by atoms with Crippen molar-refractivity contribution in [2.75, 3.05) is 6.61 Å². The van der Waals surface area contributed by atoms with Crippen LogP contribution < -0.4 is 4.74 Å². The van der Waals surface area contributed by atoms with Crippen molar-refractivity contribution in [1.82, 2.24) is 0 Å². The molecule has 0 aromatic heterocycles. The fraction of sp³-hybridized carbons (Fsp3) is 0.133. The monoisotopic (exact) mass is 354 g/mol. The zero-order valence-electron chi connectivity index (χ0n) is 10.5. The van der Waals surface area contributed by atoms with Crippen LogP contribution in [0.5, 0.6) is 5.75 Å². The van der Waals surface area contributed by atoms with E-state index in [1.54, 1.807) is 42.5 Å². The summed E-state index contributed by atoms with van der Waals surface area (Å²) < 4.78 is 6.31. The zero-order chi connectivity index (χ0) is 14.5. The number of halogens is 2. The third kappa shape index (κ3) is 3.82. The molecule has 0 unspecified atom stereocenters. The number of ether oxygens (including phenoxy) is 1. The molecular formula is C15H12BrClO3. The summed E-state index contributed by atoms with van der Waals surface area (Å²) in [5.41, 5.74) is 1.17. The van der Waals surface area contributed by atoms with E-state index in [0.717, 1.165) is 4.47 Å². The molecule has 2 aromatic rings. The number of aliphatic hydroxyl groups excluding tert-OH is 1. The van der Waals surface area contributed by atoms with E-state index < -0.39 is 0 Å². The van der Waals surface area contributed by atoms with Gasteiger partial charge in [-0.15, -0.1) is 0 Å².